The van der Waals surface area contributed by atoms with Crippen LogP contribution in [0.5, 0.6) is 0 Å². The molecule has 0 radical (unpaired) electrons. The second-order valence-electron chi connectivity index (χ2n) is 5.79. The monoisotopic (exact) mass is 329 g/mol. The zero-order chi connectivity index (χ0) is 15.5. The van der Waals surface area contributed by atoms with Crippen molar-refractivity contribution in [1.82, 2.24) is 0 Å². The van der Waals surface area contributed by atoms with Crippen molar-refractivity contribution in [1.29, 1.82) is 0 Å². The fourth-order valence-electron chi connectivity index (χ4n) is 2.97. The van der Waals surface area contributed by atoms with Gasteiger partial charge in [-0.3, -0.25) is 0 Å². The van der Waals surface area contributed by atoms with Crippen LogP contribution in [0.2, 0.25) is 0 Å². The minimum absolute atomic E-state index is 0.173. The first-order chi connectivity index (χ1) is 9.95. The highest BCUT2D eigenvalue weighted by Gasteiger charge is 2.27. The van der Waals surface area contributed by atoms with Gasteiger partial charge in [-0.1, -0.05) is 19.8 Å². The summed E-state index contributed by atoms with van der Waals surface area (Å²) >= 11 is 6.43. The zero-order valence-corrected chi connectivity index (χ0v) is 14.3. The Morgan fingerprint density at radius 1 is 1.19 bits per heavy atom. The van der Waals surface area contributed by atoms with Crippen LogP contribution in [0.1, 0.15) is 39.0 Å². The Kier molecular flexibility index (Phi) is 5.55. The predicted octanol–water partition coefficient (Wildman–Crippen LogP) is 3.86. The molecule has 1 aliphatic carbocycles. The summed E-state index contributed by atoms with van der Waals surface area (Å²) in [5.74, 6) is 0.203. The first-order valence-electron chi connectivity index (χ1n) is 7.65. The summed E-state index contributed by atoms with van der Waals surface area (Å²) in [6, 6.07) is 7.53. The van der Waals surface area contributed by atoms with Gasteiger partial charge in [0.25, 0.3) is 0 Å². The normalized spacial score (nSPS) is 23.0. The van der Waals surface area contributed by atoms with Gasteiger partial charge in [-0.2, -0.15) is 0 Å². The number of sulfone groups is 1. The lowest BCUT2D eigenvalue weighted by Gasteiger charge is -2.36. The lowest BCUT2D eigenvalue weighted by molar-refractivity contribution is 0.434. The standard InChI is InChI=1S/C16H24ClNO2S/c1-3-12-21(19,20)14-10-8-13(9-11-14)18(2)16-7-5-4-6-15(16)17/h8-11,15-16H,3-7,12H2,1-2H3. The third-order valence-electron chi connectivity index (χ3n) is 4.22. The maximum absolute atomic E-state index is 12.0. The van der Waals surface area contributed by atoms with E-state index in [-0.39, 0.29) is 11.1 Å². The summed E-state index contributed by atoms with van der Waals surface area (Å²) in [5, 5.41) is 0.173. The van der Waals surface area contributed by atoms with Crippen LogP contribution in [-0.2, 0) is 9.84 Å². The summed E-state index contributed by atoms with van der Waals surface area (Å²) in [6.45, 7) is 1.88. The average molecular weight is 330 g/mol. The number of nitrogens with zero attached hydrogens (tertiary/aromatic N) is 1. The Bertz CT molecular complexity index is 556. The van der Waals surface area contributed by atoms with Crippen molar-refractivity contribution in [3.05, 3.63) is 24.3 Å². The van der Waals surface area contributed by atoms with Gasteiger partial charge in [-0.05, 0) is 43.5 Å². The maximum Gasteiger partial charge on any atom is 0.178 e. The molecule has 2 unspecified atom stereocenters. The fraction of sp³-hybridized carbons (Fsp3) is 0.625. The second-order valence-corrected chi connectivity index (χ2v) is 8.46. The van der Waals surface area contributed by atoms with Gasteiger partial charge in [0.15, 0.2) is 9.84 Å². The first kappa shape index (κ1) is 16.6. The second kappa shape index (κ2) is 7.01. The van der Waals surface area contributed by atoms with Gasteiger partial charge in [0.1, 0.15) is 0 Å². The molecular weight excluding hydrogens is 306 g/mol. The Morgan fingerprint density at radius 3 is 2.38 bits per heavy atom. The van der Waals surface area contributed by atoms with Crippen molar-refractivity contribution in [3.8, 4) is 0 Å². The molecule has 0 aliphatic heterocycles. The number of halogens is 1. The smallest absolute Gasteiger partial charge is 0.178 e. The van der Waals surface area contributed by atoms with Crippen molar-refractivity contribution < 1.29 is 8.42 Å². The van der Waals surface area contributed by atoms with Gasteiger partial charge in [0, 0.05) is 18.8 Å². The fourth-order valence-corrected chi connectivity index (χ4v) is 4.74. The predicted molar refractivity (Wildman–Crippen MR) is 89.1 cm³/mol. The van der Waals surface area contributed by atoms with E-state index in [4.69, 9.17) is 11.6 Å². The van der Waals surface area contributed by atoms with E-state index < -0.39 is 9.84 Å². The van der Waals surface area contributed by atoms with Crippen molar-refractivity contribution in [2.24, 2.45) is 0 Å². The van der Waals surface area contributed by atoms with Gasteiger partial charge < -0.3 is 4.90 Å². The third kappa shape index (κ3) is 3.92. The highest BCUT2D eigenvalue weighted by Crippen LogP contribution is 2.30. The van der Waals surface area contributed by atoms with E-state index in [1.807, 2.05) is 26.1 Å². The summed E-state index contributed by atoms with van der Waals surface area (Å²) in [4.78, 5) is 2.60. The van der Waals surface area contributed by atoms with E-state index in [0.29, 0.717) is 17.4 Å². The van der Waals surface area contributed by atoms with Crippen molar-refractivity contribution >= 4 is 27.1 Å². The molecule has 1 saturated carbocycles. The first-order valence-corrected chi connectivity index (χ1v) is 9.74. The van der Waals surface area contributed by atoms with Crippen LogP contribution in [0.4, 0.5) is 5.69 Å². The highest BCUT2D eigenvalue weighted by molar-refractivity contribution is 7.91. The minimum atomic E-state index is -3.13. The number of benzene rings is 1. The quantitative estimate of drug-likeness (QED) is 0.770. The van der Waals surface area contributed by atoms with Crippen LogP contribution >= 0.6 is 11.6 Å². The number of hydrogen-bond acceptors (Lipinski definition) is 3. The number of anilines is 1. The van der Waals surface area contributed by atoms with E-state index in [1.54, 1.807) is 12.1 Å². The molecule has 0 spiro atoms. The molecule has 0 N–H and O–H groups in total. The molecule has 0 aromatic heterocycles. The van der Waals surface area contributed by atoms with Gasteiger partial charge in [-0.15, -0.1) is 11.6 Å². The molecule has 2 atom stereocenters. The summed E-state index contributed by atoms with van der Waals surface area (Å²) in [5.41, 5.74) is 1.03. The summed E-state index contributed by atoms with van der Waals surface area (Å²) < 4.78 is 24.1. The Balaban J connectivity index is 2.15. The van der Waals surface area contributed by atoms with Gasteiger partial charge in [0.2, 0.25) is 0 Å². The van der Waals surface area contributed by atoms with Gasteiger partial charge >= 0.3 is 0 Å². The van der Waals surface area contributed by atoms with Crippen molar-refractivity contribution in [2.75, 3.05) is 17.7 Å². The highest BCUT2D eigenvalue weighted by atomic mass is 35.5. The maximum atomic E-state index is 12.0. The Labute approximate surface area is 133 Å². The van der Waals surface area contributed by atoms with Crippen LogP contribution in [0.25, 0.3) is 0 Å². The number of alkyl halides is 1. The molecule has 21 heavy (non-hydrogen) atoms. The Morgan fingerprint density at radius 2 is 1.81 bits per heavy atom. The summed E-state index contributed by atoms with van der Waals surface area (Å²) in [6.07, 6.45) is 5.20. The van der Waals surface area contributed by atoms with Crippen molar-refractivity contribution in [3.63, 3.8) is 0 Å². The molecule has 0 saturated heterocycles. The lowest BCUT2D eigenvalue weighted by Crippen LogP contribution is -2.40. The largest absolute Gasteiger partial charge is 0.370 e. The van der Waals surface area contributed by atoms with Gasteiger partial charge in [-0.25, -0.2) is 8.42 Å². The van der Waals surface area contributed by atoms with Crippen molar-refractivity contribution in [2.45, 2.75) is 55.3 Å². The molecule has 1 aliphatic rings. The van der Waals surface area contributed by atoms with Crippen LogP contribution in [0.3, 0.4) is 0 Å². The lowest BCUT2D eigenvalue weighted by atomic mass is 9.93. The molecule has 2 rings (SSSR count). The summed E-state index contributed by atoms with van der Waals surface area (Å²) in [7, 11) is -1.09. The minimum Gasteiger partial charge on any atom is -0.370 e. The average Bonchev–Trinajstić information content (AvgIpc) is 2.47. The molecule has 0 heterocycles. The third-order valence-corrected chi connectivity index (χ3v) is 6.67. The van der Waals surface area contributed by atoms with Crippen LogP contribution in [-0.4, -0.2) is 32.6 Å². The SMILES string of the molecule is CCCS(=O)(=O)c1ccc(N(C)C2CCCCC2Cl)cc1. The molecule has 0 bridgehead atoms. The molecule has 1 aromatic carbocycles. The van der Waals surface area contributed by atoms with E-state index in [1.165, 1.54) is 12.8 Å². The topological polar surface area (TPSA) is 37.4 Å². The van der Waals surface area contributed by atoms with Crippen LogP contribution in [0.15, 0.2) is 29.2 Å². The molecule has 3 nitrogen and oxygen atoms in total. The molecule has 1 aromatic rings. The van der Waals surface area contributed by atoms with E-state index in [9.17, 15) is 8.42 Å². The van der Waals surface area contributed by atoms with Crippen LogP contribution < -0.4 is 4.90 Å². The number of rotatable bonds is 5. The molecule has 1 fully saturated rings. The van der Waals surface area contributed by atoms with E-state index >= 15 is 0 Å². The molecular formula is C16H24ClNO2S. The molecule has 0 amide bonds. The Hall–Kier alpha value is -0.740. The van der Waals surface area contributed by atoms with Gasteiger partial charge in [0.05, 0.1) is 16.0 Å². The molecule has 5 heteroatoms. The number of hydrogen-bond donors (Lipinski definition) is 0. The zero-order valence-electron chi connectivity index (χ0n) is 12.8. The van der Waals surface area contributed by atoms with Crippen LogP contribution in [0, 0.1) is 0 Å². The van der Waals surface area contributed by atoms with E-state index in [2.05, 4.69) is 4.90 Å². The van der Waals surface area contributed by atoms with E-state index in [0.717, 1.165) is 18.5 Å². The molecule has 118 valence electrons.